The third-order valence-electron chi connectivity index (χ3n) is 4.54. The van der Waals surface area contributed by atoms with Crippen molar-refractivity contribution in [1.82, 2.24) is 9.55 Å². The van der Waals surface area contributed by atoms with E-state index in [0.29, 0.717) is 12.8 Å². The van der Waals surface area contributed by atoms with Crippen LogP contribution >= 0.6 is 7.82 Å². The molecule has 3 rings (SSSR count). The highest BCUT2D eigenvalue weighted by atomic mass is 31.2. The number of nitrogens with zero attached hydrogens (tertiary/aromatic N) is 1. The van der Waals surface area contributed by atoms with Crippen molar-refractivity contribution in [2.45, 2.75) is 50.9 Å². The van der Waals surface area contributed by atoms with Gasteiger partial charge in [-0.05, 0) is 44.1 Å². The summed E-state index contributed by atoms with van der Waals surface area (Å²) in [6.45, 7) is -0.155. The summed E-state index contributed by atoms with van der Waals surface area (Å²) < 4.78 is 41.9. The topological polar surface area (TPSA) is 120 Å². The molecule has 3 atom stereocenters. The molecule has 2 aliphatic rings. The lowest BCUT2D eigenvalue weighted by Gasteiger charge is -2.18. The van der Waals surface area contributed by atoms with E-state index in [1.165, 1.54) is 0 Å². The molecule has 1 aromatic heterocycles. The molecular formula is C16H22FN2O7P. The summed E-state index contributed by atoms with van der Waals surface area (Å²) in [5.74, 6) is -1.09. The lowest BCUT2D eigenvalue weighted by atomic mass is 10.0. The molecule has 1 fully saturated rings. The fourth-order valence-electron chi connectivity index (χ4n) is 3.10. The van der Waals surface area contributed by atoms with E-state index in [1.807, 2.05) is 11.1 Å². The minimum Gasteiger partial charge on any atom is -0.352 e. The number of allylic oxidation sites excluding steroid dienone is 1. The first-order valence-corrected chi connectivity index (χ1v) is 10.3. The van der Waals surface area contributed by atoms with Crippen LogP contribution in [0.25, 0.3) is 0 Å². The average molecular weight is 404 g/mol. The van der Waals surface area contributed by atoms with Crippen LogP contribution in [0.4, 0.5) is 4.39 Å². The molecule has 1 aliphatic carbocycles. The molecular weight excluding hydrogens is 382 g/mol. The largest absolute Gasteiger partial charge is 0.472 e. The smallest absolute Gasteiger partial charge is 0.352 e. The van der Waals surface area contributed by atoms with Crippen LogP contribution in [0.5, 0.6) is 0 Å². The van der Waals surface area contributed by atoms with Crippen molar-refractivity contribution in [2.75, 3.05) is 13.2 Å². The minimum atomic E-state index is -4.22. The zero-order chi connectivity index (χ0) is 19.4. The number of aromatic nitrogens is 2. The Morgan fingerprint density at radius 1 is 1.33 bits per heavy atom. The van der Waals surface area contributed by atoms with E-state index in [2.05, 4.69) is 0 Å². The van der Waals surface area contributed by atoms with Gasteiger partial charge in [-0.1, -0.05) is 6.08 Å². The lowest BCUT2D eigenvalue weighted by Crippen LogP contribution is -2.34. The predicted molar refractivity (Wildman–Crippen MR) is 92.7 cm³/mol. The van der Waals surface area contributed by atoms with E-state index in [4.69, 9.17) is 13.8 Å². The van der Waals surface area contributed by atoms with Gasteiger partial charge in [0.2, 0.25) is 5.82 Å². The summed E-state index contributed by atoms with van der Waals surface area (Å²) in [6, 6.07) is 0. The molecule has 1 saturated heterocycles. The van der Waals surface area contributed by atoms with Crippen molar-refractivity contribution < 1.29 is 27.6 Å². The second-order valence-electron chi connectivity index (χ2n) is 6.58. The van der Waals surface area contributed by atoms with Gasteiger partial charge in [0.1, 0.15) is 6.23 Å². The van der Waals surface area contributed by atoms with Crippen molar-refractivity contribution in [3.8, 4) is 0 Å². The Bertz CT molecular complexity index is 865. The Kier molecular flexibility index (Phi) is 6.44. The maximum absolute atomic E-state index is 13.4. The Balaban J connectivity index is 1.50. The van der Waals surface area contributed by atoms with Gasteiger partial charge in [-0.25, -0.2) is 9.36 Å². The summed E-state index contributed by atoms with van der Waals surface area (Å²) in [7, 11) is -4.22. The SMILES string of the molecule is O=c1[nH]c(=O)n([C@H]2CC[C@@H](COP(=O)(O)OCC3=CCCCC3)O2)cc1F. The zero-order valence-corrected chi connectivity index (χ0v) is 15.5. The van der Waals surface area contributed by atoms with Crippen LogP contribution in [0.2, 0.25) is 0 Å². The molecule has 27 heavy (non-hydrogen) atoms. The molecule has 0 saturated carbocycles. The average Bonchev–Trinajstić information content (AvgIpc) is 3.11. The van der Waals surface area contributed by atoms with Gasteiger partial charge in [0.05, 0.1) is 25.5 Å². The number of hydrogen-bond acceptors (Lipinski definition) is 6. The van der Waals surface area contributed by atoms with Crippen LogP contribution in [-0.4, -0.2) is 33.8 Å². The summed E-state index contributed by atoms with van der Waals surface area (Å²) in [5.41, 5.74) is -0.902. The number of halogens is 1. The standard InChI is InChI=1S/C16H22FN2O7P/c17-13-8-19(16(21)18-15(13)20)14-7-6-12(26-14)10-25-27(22,23)24-9-11-4-2-1-3-5-11/h4,8,12,14H,1-3,5-7,9-10H2,(H,22,23)(H,18,20,21)/t12-,14+/m0/s1. The van der Waals surface area contributed by atoms with E-state index in [9.17, 15) is 23.4 Å². The maximum Gasteiger partial charge on any atom is 0.472 e. The normalized spacial score (nSPS) is 25.2. The van der Waals surface area contributed by atoms with Gasteiger partial charge in [0, 0.05) is 0 Å². The molecule has 0 aromatic carbocycles. The first-order chi connectivity index (χ1) is 12.8. The zero-order valence-electron chi connectivity index (χ0n) is 14.6. The maximum atomic E-state index is 13.4. The number of nitrogens with one attached hydrogen (secondary N) is 1. The molecule has 0 amide bonds. The summed E-state index contributed by atoms with van der Waals surface area (Å²) in [5, 5.41) is 0. The first-order valence-electron chi connectivity index (χ1n) is 8.80. The summed E-state index contributed by atoms with van der Waals surface area (Å²) >= 11 is 0. The van der Waals surface area contributed by atoms with Crippen LogP contribution in [-0.2, 0) is 18.3 Å². The van der Waals surface area contributed by atoms with Crippen molar-refractivity contribution in [2.24, 2.45) is 0 Å². The number of phosphoric acid groups is 1. The second kappa shape index (κ2) is 8.62. The van der Waals surface area contributed by atoms with E-state index in [1.54, 1.807) is 0 Å². The molecule has 1 aromatic rings. The van der Waals surface area contributed by atoms with Crippen molar-refractivity contribution in [3.05, 3.63) is 44.5 Å². The highest BCUT2D eigenvalue weighted by Gasteiger charge is 2.31. The van der Waals surface area contributed by atoms with Gasteiger partial charge in [0.25, 0.3) is 5.56 Å². The van der Waals surface area contributed by atoms with Gasteiger partial charge in [-0.2, -0.15) is 4.39 Å². The molecule has 0 spiro atoms. The first kappa shape index (κ1) is 20.2. The molecule has 1 aliphatic heterocycles. The van der Waals surface area contributed by atoms with Crippen molar-refractivity contribution in [3.63, 3.8) is 0 Å². The van der Waals surface area contributed by atoms with Gasteiger partial charge in [0.15, 0.2) is 0 Å². The molecule has 9 nitrogen and oxygen atoms in total. The molecule has 1 unspecified atom stereocenters. The summed E-state index contributed by atoms with van der Waals surface area (Å²) in [4.78, 5) is 34.5. The van der Waals surface area contributed by atoms with Crippen molar-refractivity contribution in [1.29, 1.82) is 0 Å². The van der Waals surface area contributed by atoms with Gasteiger partial charge >= 0.3 is 13.5 Å². The molecule has 0 bridgehead atoms. The van der Waals surface area contributed by atoms with Gasteiger partial charge < -0.3 is 9.63 Å². The Morgan fingerprint density at radius 3 is 2.89 bits per heavy atom. The van der Waals surface area contributed by atoms with Crippen LogP contribution in [0.3, 0.4) is 0 Å². The molecule has 150 valence electrons. The van der Waals surface area contributed by atoms with Crippen LogP contribution in [0.15, 0.2) is 27.4 Å². The third kappa shape index (κ3) is 5.46. The Hall–Kier alpha value is -1.58. The number of rotatable bonds is 7. The fraction of sp³-hybridized carbons (Fsp3) is 0.625. The number of hydrogen-bond donors (Lipinski definition) is 2. The van der Waals surface area contributed by atoms with Crippen LogP contribution in [0, 0.1) is 5.82 Å². The molecule has 2 heterocycles. The number of ether oxygens (including phenoxy) is 1. The van der Waals surface area contributed by atoms with E-state index >= 15 is 0 Å². The molecule has 11 heteroatoms. The van der Waals surface area contributed by atoms with Crippen molar-refractivity contribution >= 4 is 7.82 Å². The van der Waals surface area contributed by atoms with Crippen LogP contribution in [0.1, 0.15) is 44.8 Å². The summed E-state index contributed by atoms with van der Waals surface area (Å²) in [6.07, 6.45) is 6.18. The molecule has 2 N–H and O–H groups in total. The number of phosphoric ester groups is 1. The van der Waals surface area contributed by atoms with Gasteiger partial charge in [-0.15, -0.1) is 0 Å². The third-order valence-corrected chi connectivity index (χ3v) is 5.47. The van der Waals surface area contributed by atoms with Crippen LogP contribution < -0.4 is 11.2 Å². The second-order valence-corrected chi connectivity index (χ2v) is 8.03. The number of H-pyrrole nitrogens is 1. The van der Waals surface area contributed by atoms with E-state index in [0.717, 1.165) is 42.0 Å². The number of aromatic amines is 1. The Labute approximate surface area is 154 Å². The lowest BCUT2D eigenvalue weighted by molar-refractivity contribution is -0.0261. The predicted octanol–water partition coefficient (Wildman–Crippen LogP) is 1.99. The highest BCUT2D eigenvalue weighted by molar-refractivity contribution is 7.47. The quantitative estimate of drug-likeness (QED) is 0.527. The molecule has 0 radical (unpaired) electrons. The minimum absolute atomic E-state index is 0.0496. The van der Waals surface area contributed by atoms with E-state index < -0.39 is 37.2 Å². The van der Waals surface area contributed by atoms with Gasteiger partial charge in [-0.3, -0.25) is 23.4 Å². The fourth-order valence-corrected chi connectivity index (χ4v) is 3.86. The van der Waals surface area contributed by atoms with E-state index in [-0.39, 0.29) is 13.2 Å². The highest BCUT2D eigenvalue weighted by Crippen LogP contribution is 2.45. The Morgan fingerprint density at radius 2 is 2.15 bits per heavy atom. The monoisotopic (exact) mass is 404 g/mol.